The quantitative estimate of drug-likeness (QED) is 0.886. The van der Waals surface area contributed by atoms with Gasteiger partial charge in [0.05, 0.1) is 5.69 Å². The van der Waals surface area contributed by atoms with Crippen LogP contribution in [0.25, 0.3) is 0 Å². The molecule has 0 saturated carbocycles. The molecule has 0 aliphatic carbocycles. The van der Waals surface area contributed by atoms with Crippen LogP contribution in [0.5, 0.6) is 5.75 Å². The standard InChI is InChI=1S/C17H18N2O3S/c1-11-17(21)19-14-9-12(4-6-15(14)22-11)10-18-16(20)7-5-13-3-2-8-23-13/h2-4,6,8-9,11H,5,7,10H2,1H3,(H,18,20)(H,19,21). The van der Waals surface area contributed by atoms with E-state index in [0.717, 1.165) is 12.0 Å². The Hall–Kier alpha value is -2.34. The summed E-state index contributed by atoms with van der Waals surface area (Å²) < 4.78 is 5.51. The van der Waals surface area contributed by atoms with E-state index < -0.39 is 6.10 Å². The highest BCUT2D eigenvalue weighted by Gasteiger charge is 2.23. The van der Waals surface area contributed by atoms with Crippen molar-refractivity contribution in [2.45, 2.75) is 32.4 Å². The van der Waals surface area contributed by atoms with Crippen LogP contribution in [0.15, 0.2) is 35.7 Å². The third-order valence-electron chi connectivity index (χ3n) is 3.64. The predicted molar refractivity (Wildman–Crippen MR) is 89.6 cm³/mol. The highest BCUT2D eigenvalue weighted by Crippen LogP contribution is 2.30. The summed E-state index contributed by atoms with van der Waals surface area (Å²) in [5.41, 5.74) is 1.57. The maximum Gasteiger partial charge on any atom is 0.265 e. The van der Waals surface area contributed by atoms with E-state index in [9.17, 15) is 9.59 Å². The summed E-state index contributed by atoms with van der Waals surface area (Å²) in [5, 5.41) is 7.72. The molecule has 1 aliphatic rings. The summed E-state index contributed by atoms with van der Waals surface area (Å²) in [7, 11) is 0. The van der Waals surface area contributed by atoms with E-state index >= 15 is 0 Å². The zero-order valence-electron chi connectivity index (χ0n) is 12.8. The Labute approximate surface area is 138 Å². The van der Waals surface area contributed by atoms with Crippen molar-refractivity contribution in [3.8, 4) is 5.75 Å². The molecule has 2 heterocycles. The molecule has 1 aliphatic heterocycles. The van der Waals surface area contributed by atoms with Crippen LogP contribution in [0.1, 0.15) is 23.8 Å². The van der Waals surface area contributed by atoms with E-state index in [1.807, 2.05) is 35.7 Å². The highest BCUT2D eigenvalue weighted by molar-refractivity contribution is 7.09. The lowest BCUT2D eigenvalue weighted by atomic mass is 10.1. The molecule has 0 radical (unpaired) electrons. The molecule has 0 fully saturated rings. The zero-order chi connectivity index (χ0) is 16.2. The van der Waals surface area contributed by atoms with Gasteiger partial charge in [0.1, 0.15) is 5.75 Å². The van der Waals surface area contributed by atoms with Gasteiger partial charge in [0.2, 0.25) is 5.91 Å². The van der Waals surface area contributed by atoms with Crippen LogP contribution in [0, 0.1) is 0 Å². The first kappa shape index (κ1) is 15.6. The Morgan fingerprint density at radius 2 is 2.26 bits per heavy atom. The summed E-state index contributed by atoms with van der Waals surface area (Å²) in [4.78, 5) is 24.7. The lowest BCUT2D eigenvalue weighted by molar-refractivity contribution is -0.123. The van der Waals surface area contributed by atoms with Crippen molar-refractivity contribution < 1.29 is 14.3 Å². The van der Waals surface area contributed by atoms with Gasteiger partial charge in [-0.15, -0.1) is 11.3 Å². The summed E-state index contributed by atoms with van der Waals surface area (Å²) >= 11 is 1.66. The molecule has 120 valence electrons. The molecule has 1 atom stereocenters. The second-order valence-electron chi connectivity index (χ2n) is 5.44. The highest BCUT2D eigenvalue weighted by atomic mass is 32.1. The van der Waals surface area contributed by atoms with Crippen molar-refractivity contribution >= 4 is 28.8 Å². The number of benzene rings is 1. The first-order chi connectivity index (χ1) is 11.1. The molecule has 2 aromatic rings. The number of aryl methyl sites for hydroxylation is 1. The zero-order valence-corrected chi connectivity index (χ0v) is 13.6. The van der Waals surface area contributed by atoms with Crippen molar-refractivity contribution in [2.75, 3.05) is 5.32 Å². The van der Waals surface area contributed by atoms with Crippen molar-refractivity contribution in [1.82, 2.24) is 5.32 Å². The van der Waals surface area contributed by atoms with Gasteiger partial charge in [-0.2, -0.15) is 0 Å². The van der Waals surface area contributed by atoms with E-state index in [0.29, 0.717) is 24.4 Å². The minimum atomic E-state index is -0.481. The number of ether oxygens (including phenoxy) is 1. The monoisotopic (exact) mass is 330 g/mol. The number of carbonyl (C=O) groups is 2. The van der Waals surface area contributed by atoms with Gasteiger partial charge in [-0.1, -0.05) is 12.1 Å². The Balaban J connectivity index is 1.53. The summed E-state index contributed by atoms with van der Waals surface area (Å²) in [5.74, 6) is 0.518. The molecule has 2 amide bonds. The second kappa shape index (κ2) is 6.83. The molecule has 1 aromatic heterocycles. The fourth-order valence-electron chi connectivity index (χ4n) is 2.35. The number of fused-ring (bicyclic) bond motifs is 1. The lowest BCUT2D eigenvalue weighted by Crippen LogP contribution is -2.34. The van der Waals surface area contributed by atoms with E-state index in [4.69, 9.17) is 4.74 Å². The molecule has 3 rings (SSSR count). The first-order valence-electron chi connectivity index (χ1n) is 7.51. The molecule has 6 heteroatoms. The molecular weight excluding hydrogens is 312 g/mol. The number of carbonyl (C=O) groups excluding carboxylic acids is 2. The van der Waals surface area contributed by atoms with Crippen LogP contribution in [0.2, 0.25) is 0 Å². The van der Waals surface area contributed by atoms with Crippen LogP contribution >= 0.6 is 11.3 Å². The Bertz CT molecular complexity index is 713. The minimum Gasteiger partial charge on any atom is -0.479 e. The number of amides is 2. The molecule has 1 unspecified atom stereocenters. The third-order valence-corrected chi connectivity index (χ3v) is 4.58. The molecule has 5 nitrogen and oxygen atoms in total. The fourth-order valence-corrected chi connectivity index (χ4v) is 3.06. The normalized spacial score (nSPS) is 16.2. The maximum absolute atomic E-state index is 11.9. The number of nitrogens with one attached hydrogen (secondary N) is 2. The Kier molecular flexibility index (Phi) is 4.62. The van der Waals surface area contributed by atoms with Gasteiger partial charge in [0.25, 0.3) is 5.91 Å². The molecule has 0 spiro atoms. The molecule has 23 heavy (non-hydrogen) atoms. The van der Waals surface area contributed by atoms with Crippen LogP contribution in [-0.2, 0) is 22.6 Å². The summed E-state index contributed by atoms with van der Waals surface area (Å²) in [6.45, 7) is 2.14. The average molecular weight is 330 g/mol. The van der Waals surface area contributed by atoms with Gasteiger partial charge in [-0.05, 0) is 42.5 Å². The first-order valence-corrected chi connectivity index (χ1v) is 8.39. The topological polar surface area (TPSA) is 67.4 Å². The van der Waals surface area contributed by atoms with Gasteiger partial charge < -0.3 is 15.4 Å². The van der Waals surface area contributed by atoms with E-state index in [1.165, 1.54) is 4.88 Å². The van der Waals surface area contributed by atoms with Crippen molar-refractivity contribution in [1.29, 1.82) is 0 Å². The molecule has 1 aromatic carbocycles. The van der Waals surface area contributed by atoms with Gasteiger partial charge >= 0.3 is 0 Å². The summed E-state index contributed by atoms with van der Waals surface area (Å²) in [6, 6.07) is 9.56. The van der Waals surface area contributed by atoms with Crippen LogP contribution < -0.4 is 15.4 Å². The molecule has 2 N–H and O–H groups in total. The smallest absolute Gasteiger partial charge is 0.265 e. The number of anilines is 1. The fraction of sp³-hybridized carbons (Fsp3) is 0.294. The predicted octanol–water partition coefficient (Wildman–Crippen LogP) is 2.72. The van der Waals surface area contributed by atoms with Gasteiger partial charge in [-0.3, -0.25) is 9.59 Å². The number of hydrogen-bond donors (Lipinski definition) is 2. The maximum atomic E-state index is 11.9. The van der Waals surface area contributed by atoms with Gasteiger partial charge in [0, 0.05) is 17.8 Å². The largest absolute Gasteiger partial charge is 0.479 e. The molecule has 0 bridgehead atoms. The number of rotatable bonds is 5. The SMILES string of the molecule is CC1Oc2ccc(CNC(=O)CCc3cccs3)cc2NC1=O. The Morgan fingerprint density at radius 3 is 3.04 bits per heavy atom. The van der Waals surface area contributed by atoms with Crippen molar-refractivity contribution in [3.63, 3.8) is 0 Å². The van der Waals surface area contributed by atoms with Gasteiger partial charge in [-0.25, -0.2) is 0 Å². The van der Waals surface area contributed by atoms with Crippen LogP contribution in [0.3, 0.4) is 0 Å². The van der Waals surface area contributed by atoms with E-state index in [2.05, 4.69) is 10.6 Å². The van der Waals surface area contributed by atoms with Crippen molar-refractivity contribution in [2.24, 2.45) is 0 Å². The van der Waals surface area contributed by atoms with Gasteiger partial charge in [0.15, 0.2) is 6.10 Å². The second-order valence-corrected chi connectivity index (χ2v) is 6.47. The van der Waals surface area contributed by atoms with Crippen LogP contribution in [-0.4, -0.2) is 17.9 Å². The molecule has 0 saturated heterocycles. The van der Waals surface area contributed by atoms with E-state index in [-0.39, 0.29) is 11.8 Å². The average Bonchev–Trinajstić information content (AvgIpc) is 3.05. The summed E-state index contributed by atoms with van der Waals surface area (Å²) in [6.07, 6.45) is 0.753. The van der Waals surface area contributed by atoms with Crippen LogP contribution in [0.4, 0.5) is 5.69 Å². The van der Waals surface area contributed by atoms with E-state index in [1.54, 1.807) is 18.3 Å². The lowest BCUT2D eigenvalue weighted by Gasteiger charge is -2.23. The minimum absolute atomic E-state index is 0.0185. The Morgan fingerprint density at radius 1 is 1.39 bits per heavy atom. The number of hydrogen-bond acceptors (Lipinski definition) is 4. The molecular formula is C17H18N2O3S. The third kappa shape index (κ3) is 3.90. The van der Waals surface area contributed by atoms with Crippen molar-refractivity contribution in [3.05, 3.63) is 46.2 Å². The number of thiophene rings is 1.